The number of benzene rings is 2. The molecule has 2 aromatic rings. The molecule has 2 aromatic carbocycles. The Morgan fingerprint density at radius 2 is 0.794 bits per heavy atom. The molecule has 152 valence electrons. The molecule has 0 amide bonds. The lowest BCUT2D eigenvalue weighted by atomic mass is 9.90. The van der Waals surface area contributed by atoms with E-state index < -0.39 is 0 Å². The van der Waals surface area contributed by atoms with E-state index in [1.165, 1.54) is 0 Å². The zero-order chi connectivity index (χ0) is 24.2. The van der Waals surface area contributed by atoms with Crippen molar-refractivity contribution in [2.24, 2.45) is 0 Å². The van der Waals surface area contributed by atoms with Crippen molar-refractivity contribution >= 4 is 11.1 Å². The fourth-order valence-corrected chi connectivity index (χ4v) is 4.01. The lowest BCUT2D eigenvalue weighted by Gasteiger charge is -2.11. The predicted octanol–water partition coefficient (Wildman–Crippen LogP) is 4.91. The van der Waals surface area contributed by atoms with Gasteiger partial charge in [-0.25, -0.2) is 0 Å². The molecular weight excluding hydrogens is 420 g/mol. The summed E-state index contributed by atoms with van der Waals surface area (Å²) >= 11 is 0. The van der Waals surface area contributed by atoms with Crippen molar-refractivity contribution in [1.29, 1.82) is 31.6 Å². The average Bonchev–Trinajstić information content (AvgIpc) is 3.43. The Balaban J connectivity index is 1.99. The summed E-state index contributed by atoms with van der Waals surface area (Å²) in [5.41, 5.74) is 5.23. The molecule has 2 aliphatic rings. The van der Waals surface area contributed by atoms with E-state index in [9.17, 15) is 21.0 Å². The van der Waals surface area contributed by atoms with E-state index in [0.29, 0.717) is 55.7 Å². The number of hydrogen-bond donors (Lipinski definition) is 0. The molecule has 34 heavy (non-hydrogen) atoms. The molecule has 6 nitrogen and oxygen atoms in total. The van der Waals surface area contributed by atoms with Crippen molar-refractivity contribution in [3.05, 3.63) is 116 Å². The minimum absolute atomic E-state index is 0.104. The summed E-state index contributed by atoms with van der Waals surface area (Å²) in [7, 11) is 0. The molecule has 0 unspecified atom stereocenters. The van der Waals surface area contributed by atoms with Crippen molar-refractivity contribution in [2.45, 2.75) is 0 Å². The first-order chi connectivity index (χ1) is 16.6. The molecule has 0 heterocycles. The molecule has 4 rings (SSSR count). The fourth-order valence-electron chi connectivity index (χ4n) is 4.01. The highest BCUT2D eigenvalue weighted by atomic mass is 14.4. The average molecular weight is 430 g/mol. The smallest absolute Gasteiger partial charge is 0.138 e. The maximum Gasteiger partial charge on any atom is 0.138 e. The van der Waals surface area contributed by atoms with Gasteiger partial charge in [-0.1, -0.05) is 24.3 Å². The van der Waals surface area contributed by atoms with Crippen LogP contribution in [0.1, 0.15) is 22.3 Å². The van der Waals surface area contributed by atoms with E-state index >= 15 is 0 Å². The van der Waals surface area contributed by atoms with Crippen molar-refractivity contribution in [3.63, 3.8) is 0 Å². The third kappa shape index (κ3) is 3.34. The van der Waals surface area contributed by atoms with Crippen LogP contribution < -0.4 is 0 Å². The van der Waals surface area contributed by atoms with Gasteiger partial charge in [-0.05, 0) is 69.8 Å². The second kappa shape index (κ2) is 8.67. The van der Waals surface area contributed by atoms with E-state index in [1.54, 1.807) is 60.7 Å². The van der Waals surface area contributed by atoms with Crippen LogP contribution in [0.2, 0.25) is 0 Å². The molecule has 0 radical (unpaired) electrons. The quantitative estimate of drug-likeness (QED) is 0.619. The molecule has 0 saturated carbocycles. The summed E-state index contributed by atoms with van der Waals surface area (Å²) < 4.78 is 0. The second-order valence-corrected chi connectivity index (χ2v) is 7.27. The third-order valence-corrected chi connectivity index (χ3v) is 5.54. The van der Waals surface area contributed by atoms with Gasteiger partial charge in [-0.15, -0.1) is 0 Å². The zero-order valence-corrected chi connectivity index (χ0v) is 17.5. The van der Waals surface area contributed by atoms with Gasteiger partial charge in [-0.2, -0.15) is 31.6 Å². The van der Waals surface area contributed by atoms with Crippen LogP contribution in [0.15, 0.2) is 94.1 Å². The molecule has 0 fully saturated rings. The summed E-state index contributed by atoms with van der Waals surface area (Å²) in [6.07, 6.45) is 3.52. The fraction of sp³-hybridized carbons (Fsp3) is 0. The largest absolute Gasteiger partial charge is 0.192 e. The molecule has 2 aliphatic carbocycles. The third-order valence-electron chi connectivity index (χ3n) is 5.54. The highest BCUT2D eigenvalue weighted by Crippen LogP contribution is 2.51. The summed E-state index contributed by atoms with van der Waals surface area (Å²) in [5, 5.41) is 56.9. The summed E-state index contributed by atoms with van der Waals surface area (Å²) in [6, 6.07) is 25.4. The molecule has 0 bridgehead atoms. The normalized spacial score (nSPS) is 13.2. The monoisotopic (exact) mass is 430 g/mol. The van der Waals surface area contributed by atoms with Crippen molar-refractivity contribution < 1.29 is 0 Å². The van der Waals surface area contributed by atoms with Crippen LogP contribution in [0.5, 0.6) is 0 Å². The van der Waals surface area contributed by atoms with Gasteiger partial charge in [0.05, 0.1) is 23.3 Å². The van der Waals surface area contributed by atoms with Crippen LogP contribution in [0.4, 0.5) is 0 Å². The van der Waals surface area contributed by atoms with Gasteiger partial charge in [-0.3, -0.25) is 0 Å². The first-order valence-electron chi connectivity index (χ1n) is 9.89. The Morgan fingerprint density at radius 1 is 0.471 bits per heavy atom. The molecule has 0 aromatic heterocycles. The van der Waals surface area contributed by atoms with Gasteiger partial charge in [0.15, 0.2) is 0 Å². The molecule has 0 aliphatic heterocycles. The van der Waals surface area contributed by atoms with Gasteiger partial charge in [0.2, 0.25) is 0 Å². The maximum atomic E-state index is 9.67. The lowest BCUT2D eigenvalue weighted by Crippen LogP contribution is -1.95. The van der Waals surface area contributed by atoms with Crippen LogP contribution >= 0.6 is 0 Å². The maximum absolute atomic E-state index is 9.67. The summed E-state index contributed by atoms with van der Waals surface area (Å²) in [5.74, 6) is 0. The first kappa shape index (κ1) is 21.3. The van der Waals surface area contributed by atoms with E-state index in [4.69, 9.17) is 10.5 Å². The number of allylic oxidation sites excluding steroid dienone is 10. The highest BCUT2D eigenvalue weighted by molar-refractivity contribution is 6.05. The Hall–Kier alpha value is -5.92. The van der Waals surface area contributed by atoms with Crippen molar-refractivity contribution in [3.8, 4) is 36.4 Å². The zero-order valence-electron chi connectivity index (χ0n) is 17.5. The molecule has 0 atom stereocenters. The first-order valence-corrected chi connectivity index (χ1v) is 9.89. The number of rotatable bonds is 2. The Morgan fingerprint density at radius 3 is 1.06 bits per heavy atom. The predicted molar refractivity (Wildman–Crippen MR) is 122 cm³/mol. The minimum Gasteiger partial charge on any atom is -0.192 e. The Bertz CT molecular complexity index is 1500. The minimum atomic E-state index is -0.104. The summed E-state index contributed by atoms with van der Waals surface area (Å²) in [4.78, 5) is 0. The molecule has 0 spiro atoms. The van der Waals surface area contributed by atoms with Gasteiger partial charge >= 0.3 is 0 Å². The highest BCUT2D eigenvalue weighted by Gasteiger charge is 2.34. The van der Waals surface area contributed by atoms with E-state index in [0.717, 1.165) is 0 Å². The molecule has 0 N–H and O–H groups in total. The van der Waals surface area contributed by atoms with Gasteiger partial charge in [0.25, 0.3) is 0 Å². The lowest BCUT2D eigenvalue weighted by molar-refractivity contribution is 1.42. The summed E-state index contributed by atoms with van der Waals surface area (Å²) in [6.45, 7) is 0. The number of nitriles is 6. The Kier molecular flexibility index (Phi) is 5.44. The topological polar surface area (TPSA) is 143 Å². The van der Waals surface area contributed by atoms with E-state index in [1.807, 2.05) is 24.3 Å². The van der Waals surface area contributed by atoms with Crippen LogP contribution in [0.25, 0.3) is 11.1 Å². The standard InChI is InChI=1S/C28H10N6/c29-11-17-1-5-19(6-2-17)23-9-25-26(27(23)21(13-31)14-32)10-24(28(25)22(15-33)16-34)20-7-3-18(12-30)4-8-20/h1-10H. The SMILES string of the molecule is N#CC(C#N)=C1C(c2ccc(C#N)cc2)=CC2=C1C=C(c1ccc(C#N)cc1)C2=C(C#N)C#N. The molecule has 6 heteroatoms. The second-order valence-electron chi connectivity index (χ2n) is 7.27. The van der Waals surface area contributed by atoms with Crippen molar-refractivity contribution in [1.82, 2.24) is 0 Å². The van der Waals surface area contributed by atoms with Crippen LogP contribution in [0.3, 0.4) is 0 Å². The van der Waals surface area contributed by atoms with Crippen LogP contribution in [0, 0.1) is 68.0 Å². The van der Waals surface area contributed by atoms with E-state index in [2.05, 4.69) is 12.1 Å². The van der Waals surface area contributed by atoms with Crippen LogP contribution in [-0.4, -0.2) is 0 Å². The van der Waals surface area contributed by atoms with Crippen LogP contribution in [-0.2, 0) is 0 Å². The number of hydrogen-bond acceptors (Lipinski definition) is 6. The number of nitrogens with zero attached hydrogens (tertiary/aromatic N) is 6. The van der Waals surface area contributed by atoms with Gasteiger partial charge < -0.3 is 0 Å². The van der Waals surface area contributed by atoms with Gasteiger partial charge in [0.1, 0.15) is 35.4 Å². The van der Waals surface area contributed by atoms with E-state index in [-0.39, 0.29) is 11.1 Å². The molecular formula is C28H10N6. The van der Waals surface area contributed by atoms with Crippen molar-refractivity contribution in [2.75, 3.05) is 0 Å². The Labute approximate surface area is 195 Å². The molecule has 0 saturated heterocycles. The van der Waals surface area contributed by atoms with Gasteiger partial charge in [0, 0.05) is 11.1 Å².